The number of thioether (sulfide) groups is 1. The molecule has 0 radical (unpaired) electrons. The van der Waals surface area contributed by atoms with Gasteiger partial charge < -0.3 is 16.4 Å². The number of hydrogen-bond donors (Lipinski definition) is 3. The fraction of sp³-hybridized carbons (Fsp3) is 0.600. The largest absolute Gasteiger partial charge is 0.441 e. The van der Waals surface area contributed by atoms with Gasteiger partial charge in [0.1, 0.15) is 11.6 Å². The highest BCUT2D eigenvalue weighted by atomic mass is 32.2. The van der Waals surface area contributed by atoms with Crippen LogP contribution in [0, 0.1) is 0 Å². The molecule has 0 spiro atoms. The van der Waals surface area contributed by atoms with Crippen molar-refractivity contribution in [3.63, 3.8) is 0 Å². The number of nitrogens with two attached hydrogens (primary N) is 1. The van der Waals surface area contributed by atoms with E-state index in [4.69, 9.17) is 5.73 Å². The standard InChI is InChI=1S/C10H16F3N5S/c1-2-3-15-7-6-8(18-9(14)17-7)16-4-5-19-10(11,12)13/h6H,2-5H2,1H3,(H4,14,15,16,17,18). The molecule has 0 saturated heterocycles. The zero-order valence-electron chi connectivity index (χ0n) is 10.4. The van der Waals surface area contributed by atoms with E-state index in [1.807, 2.05) is 6.92 Å². The lowest BCUT2D eigenvalue weighted by Crippen LogP contribution is -2.12. The number of nitrogen functional groups attached to an aromatic ring is 1. The minimum atomic E-state index is -4.21. The van der Waals surface area contributed by atoms with Crippen molar-refractivity contribution < 1.29 is 13.2 Å². The van der Waals surface area contributed by atoms with Gasteiger partial charge in [0.15, 0.2) is 0 Å². The van der Waals surface area contributed by atoms with Crippen LogP contribution < -0.4 is 16.4 Å². The van der Waals surface area contributed by atoms with Crippen LogP contribution >= 0.6 is 11.8 Å². The summed E-state index contributed by atoms with van der Waals surface area (Å²) in [6.07, 6.45) is 0.925. The van der Waals surface area contributed by atoms with Crippen molar-refractivity contribution in [2.75, 3.05) is 35.2 Å². The Balaban J connectivity index is 2.46. The van der Waals surface area contributed by atoms with Gasteiger partial charge in [-0.3, -0.25) is 0 Å². The SMILES string of the molecule is CCCNc1cc(NCCSC(F)(F)F)nc(N)n1. The summed E-state index contributed by atoms with van der Waals surface area (Å²) < 4.78 is 35.8. The van der Waals surface area contributed by atoms with E-state index in [0.29, 0.717) is 11.6 Å². The Morgan fingerprint density at radius 1 is 1.21 bits per heavy atom. The minimum Gasteiger partial charge on any atom is -0.370 e. The lowest BCUT2D eigenvalue weighted by Gasteiger charge is -2.10. The lowest BCUT2D eigenvalue weighted by atomic mass is 10.4. The topological polar surface area (TPSA) is 75.9 Å². The predicted octanol–water partition coefficient (Wildman–Crippen LogP) is 2.55. The van der Waals surface area contributed by atoms with Crippen molar-refractivity contribution in [2.24, 2.45) is 0 Å². The minimum absolute atomic E-state index is 0.0760. The van der Waals surface area contributed by atoms with Crippen molar-refractivity contribution in [1.82, 2.24) is 9.97 Å². The van der Waals surface area contributed by atoms with E-state index < -0.39 is 5.51 Å². The zero-order chi connectivity index (χ0) is 14.3. The van der Waals surface area contributed by atoms with Gasteiger partial charge in [0.05, 0.1) is 0 Å². The van der Waals surface area contributed by atoms with E-state index in [-0.39, 0.29) is 30.0 Å². The molecule has 0 aliphatic heterocycles. The normalized spacial score (nSPS) is 11.4. The summed E-state index contributed by atoms with van der Waals surface area (Å²) >= 11 is -0.0777. The van der Waals surface area contributed by atoms with E-state index in [0.717, 1.165) is 13.0 Å². The molecule has 0 fully saturated rings. The van der Waals surface area contributed by atoms with Crippen LogP contribution in [0.25, 0.3) is 0 Å². The second-order valence-corrected chi connectivity index (χ2v) is 4.80. The van der Waals surface area contributed by atoms with Crippen molar-refractivity contribution in [3.05, 3.63) is 6.07 Å². The summed E-state index contributed by atoms with van der Waals surface area (Å²) in [5.74, 6) is 0.951. The summed E-state index contributed by atoms with van der Waals surface area (Å²) in [6, 6.07) is 1.62. The fourth-order valence-corrected chi connectivity index (χ4v) is 1.68. The van der Waals surface area contributed by atoms with E-state index >= 15 is 0 Å². The molecule has 108 valence electrons. The molecule has 0 amide bonds. The summed E-state index contributed by atoms with van der Waals surface area (Å²) in [5.41, 5.74) is 1.31. The molecule has 1 aromatic rings. The third-order valence-corrected chi connectivity index (χ3v) is 2.71. The molecule has 4 N–H and O–H groups in total. The third kappa shape index (κ3) is 6.94. The van der Waals surface area contributed by atoms with Gasteiger partial charge in [-0.2, -0.15) is 23.1 Å². The van der Waals surface area contributed by atoms with E-state index in [1.54, 1.807) is 6.07 Å². The molecule has 0 aliphatic carbocycles. The van der Waals surface area contributed by atoms with Gasteiger partial charge in [0.25, 0.3) is 0 Å². The maximum Gasteiger partial charge on any atom is 0.441 e. The first-order chi connectivity index (χ1) is 8.90. The predicted molar refractivity (Wildman–Crippen MR) is 72.2 cm³/mol. The average Bonchev–Trinajstić information content (AvgIpc) is 2.30. The first-order valence-electron chi connectivity index (χ1n) is 5.73. The Labute approximate surface area is 113 Å². The van der Waals surface area contributed by atoms with Crippen LogP contribution in [-0.2, 0) is 0 Å². The zero-order valence-corrected chi connectivity index (χ0v) is 11.2. The molecule has 0 unspecified atom stereocenters. The number of hydrogen-bond acceptors (Lipinski definition) is 6. The molecule has 1 aromatic heterocycles. The molecular weight excluding hydrogens is 279 g/mol. The van der Waals surface area contributed by atoms with Gasteiger partial charge in [0.2, 0.25) is 5.95 Å². The molecule has 19 heavy (non-hydrogen) atoms. The summed E-state index contributed by atoms with van der Waals surface area (Å²) in [4.78, 5) is 7.87. The van der Waals surface area contributed by atoms with Crippen molar-refractivity contribution in [1.29, 1.82) is 0 Å². The number of nitrogens with one attached hydrogen (secondary N) is 2. The Hall–Kier alpha value is -1.38. The van der Waals surface area contributed by atoms with Gasteiger partial charge in [-0.1, -0.05) is 6.92 Å². The summed E-state index contributed by atoms with van der Waals surface area (Å²) in [7, 11) is 0. The second kappa shape index (κ2) is 7.27. The van der Waals surface area contributed by atoms with Crippen molar-refractivity contribution >= 4 is 29.3 Å². The quantitative estimate of drug-likeness (QED) is 0.671. The summed E-state index contributed by atoms with van der Waals surface area (Å²) in [6.45, 7) is 2.89. The van der Waals surface area contributed by atoms with Crippen LogP contribution in [0.3, 0.4) is 0 Å². The van der Waals surface area contributed by atoms with E-state index in [9.17, 15) is 13.2 Å². The smallest absolute Gasteiger partial charge is 0.370 e. The molecule has 0 aliphatic rings. The molecule has 1 heterocycles. The molecule has 0 bridgehead atoms. The number of rotatable bonds is 7. The Morgan fingerprint density at radius 3 is 2.32 bits per heavy atom. The average molecular weight is 295 g/mol. The molecule has 5 nitrogen and oxygen atoms in total. The third-order valence-electron chi connectivity index (χ3n) is 1.97. The molecule has 0 saturated carbocycles. The van der Waals surface area contributed by atoms with Crippen LogP contribution in [0.15, 0.2) is 6.07 Å². The highest BCUT2D eigenvalue weighted by Crippen LogP contribution is 2.29. The number of anilines is 3. The Morgan fingerprint density at radius 2 is 1.79 bits per heavy atom. The molecule has 1 rings (SSSR count). The van der Waals surface area contributed by atoms with E-state index in [1.165, 1.54) is 0 Å². The molecule has 9 heteroatoms. The highest BCUT2D eigenvalue weighted by Gasteiger charge is 2.27. The van der Waals surface area contributed by atoms with Crippen molar-refractivity contribution in [2.45, 2.75) is 18.9 Å². The second-order valence-electron chi connectivity index (χ2n) is 3.64. The maximum atomic E-state index is 11.9. The Bertz CT molecular complexity index is 399. The highest BCUT2D eigenvalue weighted by molar-refractivity contribution is 8.00. The van der Waals surface area contributed by atoms with E-state index in [2.05, 4.69) is 20.6 Å². The van der Waals surface area contributed by atoms with Crippen LogP contribution in [0.4, 0.5) is 30.8 Å². The van der Waals surface area contributed by atoms with Crippen LogP contribution in [-0.4, -0.2) is 34.3 Å². The molecule has 0 atom stereocenters. The molecule has 0 aromatic carbocycles. The first kappa shape index (κ1) is 15.7. The van der Waals surface area contributed by atoms with Gasteiger partial charge >= 0.3 is 5.51 Å². The maximum absolute atomic E-state index is 11.9. The number of aromatic nitrogens is 2. The first-order valence-corrected chi connectivity index (χ1v) is 6.72. The van der Waals surface area contributed by atoms with Gasteiger partial charge in [-0.05, 0) is 18.2 Å². The fourth-order valence-electron chi connectivity index (χ4n) is 1.25. The Kier molecular flexibility index (Phi) is 6.00. The number of alkyl halides is 3. The number of halogens is 3. The van der Waals surface area contributed by atoms with Crippen LogP contribution in [0.2, 0.25) is 0 Å². The lowest BCUT2D eigenvalue weighted by molar-refractivity contribution is -0.0327. The van der Waals surface area contributed by atoms with Crippen molar-refractivity contribution in [3.8, 4) is 0 Å². The van der Waals surface area contributed by atoms with Crippen LogP contribution in [0.1, 0.15) is 13.3 Å². The van der Waals surface area contributed by atoms with Crippen LogP contribution in [0.5, 0.6) is 0 Å². The molecular formula is C10H16F3N5S. The number of nitrogens with zero attached hydrogens (tertiary/aromatic N) is 2. The monoisotopic (exact) mass is 295 g/mol. The van der Waals surface area contributed by atoms with Gasteiger partial charge in [-0.15, -0.1) is 0 Å². The van der Waals surface area contributed by atoms with Gasteiger partial charge in [-0.25, -0.2) is 0 Å². The van der Waals surface area contributed by atoms with Gasteiger partial charge in [0, 0.05) is 24.9 Å². The summed E-state index contributed by atoms with van der Waals surface area (Å²) in [5, 5.41) is 5.82.